The number of quaternary nitrogens is 1. The lowest BCUT2D eigenvalue weighted by Gasteiger charge is -2.18. The molecule has 140 valence electrons. The molecule has 0 aliphatic carbocycles. The van der Waals surface area contributed by atoms with Crippen molar-refractivity contribution in [3.63, 3.8) is 0 Å². The Balaban J connectivity index is 1.87. The van der Waals surface area contributed by atoms with E-state index in [4.69, 9.17) is 0 Å². The first kappa shape index (κ1) is 19.9. The van der Waals surface area contributed by atoms with Crippen molar-refractivity contribution in [1.29, 1.82) is 0 Å². The predicted molar refractivity (Wildman–Crippen MR) is 98.3 cm³/mol. The number of benzene rings is 1. The fraction of sp³-hybridized carbons (Fsp3) is 0.611. The van der Waals surface area contributed by atoms with E-state index in [0.717, 1.165) is 13.0 Å². The lowest BCUT2D eigenvalue weighted by atomic mass is 10.2. The second-order valence-electron chi connectivity index (χ2n) is 6.43. The van der Waals surface area contributed by atoms with Crippen molar-refractivity contribution in [2.45, 2.75) is 38.0 Å². The van der Waals surface area contributed by atoms with Crippen LogP contribution in [0.2, 0.25) is 0 Å². The first-order valence-electron chi connectivity index (χ1n) is 9.21. The molecule has 0 aromatic heterocycles. The topological polar surface area (TPSA) is 70.9 Å². The highest BCUT2D eigenvalue weighted by Crippen LogP contribution is 2.16. The molecule has 2 rings (SSSR count). The molecule has 1 saturated heterocycles. The number of carbonyl (C=O) groups is 1. The number of amides is 1. The largest absolute Gasteiger partial charge is 0.352 e. The summed E-state index contributed by atoms with van der Waals surface area (Å²) < 4.78 is 26.3. The van der Waals surface area contributed by atoms with Crippen molar-refractivity contribution in [2.24, 2.45) is 0 Å². The van der Waals surface area contributed by atoms with Crippen LogP contribution in [0.4, 0.5) is 0 Å². The number of carbonyl (C=O) groups excluding carboxylic acids is 1. The van der Waals surface area contributed by atoms with E-state index < -0.39 is 10.0 Å². The fourth-order valence-electron chi connectivity index (χ4n) is 3.26. The van der Waals surface area contributed by atoms with Crippen LogP contribution in [0.5, 0.6) is 0 Å². The summed E-state index contributed by atoms with van der Waals surface area (Å²) in [5, 5.41) is 2.91. The molecule has 1 heterocycles. The molecule has 1 amide bonds. The van der Waals surface area contributed by atoms with Gasteiger partial charge in [-0.2, -0.15) is 4.31 Å². The molecule has 0 saturated carbocycles. The van der Waals surface area contributed by atoms with Crippen molar-refractivity contribution in [2.75, 3.05) is 39.3 Å². The van der Waals surface area contributed by atoms with Gasteiger partial charge in [-0.3, -0.25) is 4.79 Å². The van der Waals surface area contributed by atoms with Crippen LogP contribution in [0, 0.1) is 0 Å². The maximum Gasteiger partial charge on any atom is 0.251 e. The third-order valence-corrected chi connectivity index (χ3v) is 6.83. The minimum absolute atomic E-state index is 0.150. The van der Waals surface area contributed by atoms with Crippen molar-refractivity contribution in [1.82, 2.24) is 9.62 Å². The van der Waals surface area contributed by atoms with Gasteiger partial charge in [-0.25, -0.2) is 8.42 Å². The van der Waals surface area contributed by atoms with E-state index in [2.05, 4.69) is 5.32 Å². The third kappa shape index (κ3) is 5.26. The Bertz CT molecular complexity index is 649. The van der Waals surface area contributed by atoms with Gasteiger partial charge in [0.05, 0.1) is 24.5 Å². The monoisotopic (exact) mass is 368 g/mol. The molecule has 0 radical (unpaired) electrons. The molecule has 1 fully saturated rings. The third-order valence-electron chi connectivity index (χ3n) is 4.76. The van der Waals surface area contributed by atoms with Gasteiger partial charge in [0.1, 0.15) is 0 Å². The van der Waals surface area contributed by atoms with Gasteiger partial charge >= 0.3 is 0 Å². The van der Waals surface area contributed by atoms with Gasteiger partial charge in [0.25, 0.3) is 5.91 Å². The molecule has 1 aliphatic heterocycles. The van der Waals surface area contributed by atoms with Crippen molar-refractivity contribution in [3.8, 4) is 0 Å². The molecule has 1 aliphatic rings. The molecule has 2 N–H and O–H groups in total. The van der Waals surface area contributed by atoms with E-state index in [1.807, 2.05) is 13.8 Å². The molecule has 1 aromatic carbocycles. The summed E-state index contributed by atoms with van der Waals surface area (Å²) in [4.78, 5) is 14.0. The molecule has 0 spiro atoms. The zero-order valence-electron chi connectivity index (χ0n) is 15.3. The Kier molecular flexibility index (Phi) is 7.40. The quantitative estimate of drug-likeness (QED) is 0.624. The van der Waals surface area contributed by atoms with Crippen LogP contribution >= 0.6 is 0 Å². The van der Waals surface area contributed by atoms with Gasteiger partial charge in [-0.05, 0) is 24.3 Å². The summed E-state index contributed by atoms with van der Waals surface area (Å²) in [5.74, 6) is -0.150. The number of nitrogens with zero attached hydrogens (tertiary/aromatic N) is 1. The summed E-state index contributed by atoms with van der Waals surface area (Å²) in [6.45, 7) is 8.73. The number of likely N-dealkylation sites (tertiary alicyclic amines) is 1. The second kappa shape index (κ2) is 9.31. The van der Waals surface area contributed by atoms with E-state index in [-0.39, 0.29) is 10.8 Å². The van der Waals surface area contributed by atoms with Crippen LogP contribution in [0.25, 0.3) is 0 Å². The summed E-state index contributed by atoms with van der Waals surface area (Å²) >= 11 is 0. The maximum absolute atomic E-state index is 12.4. The van der Waals surface area contributed by atoms with Gasteiger partial charge in [-0.15, -0.1) is 0 Å². The van der Waals surface area contributed by atoms with Crippen LogP contribution in [0.3, 0.4) is 0 Å². The number of nitrogens with one attached hydrogen (secondary N) is 2. The predicted octanol–water partition coefficient (Wildman–Crippen LogP) is 0.516. The number of sulfonamides is 1. The maximum atomic E-state index is 12.4. The Morgan fingerprint density at radius 3 is 2.28 bits per heavy atom. The fourth-order valence-corrected chi connectivity index (χ4v) is 4.72. The Morgan fingerprint density at radius 2 is 1.72 bits per heavy atom. The molecular weight excluding hydrogens is 338 g/mol. The van der Waals surface area contributed by atoms with Crippen LogP contribution in [0.1, 0.15) is 43.5 Å². The SMILES string of the molecule is CCN(CC)S(=O)(=O)c1ccc(C(=O)NCCC[NH+]2CCCC2)cc1. The summed E-state index contributed by atoms with van der Waals surface area (Å²) in [6, 6.07) is 6.18. The van der Waals surface area contributed by atoms with Crippen molar-refractivity contribution in [3.05, 3.63) is 29.8 Å². The molecule has 7 heteroatoms. The van der Waals surface area contributed by atoms with Gasteiger partial charge < -0.3 is 10.2 Å². The average molecular weight is 369 g/mol. The van der Waals surface area contributed by atoms with E-state index in [1.54, 1.807) is 17.0 Å². The lowest BCUT2D eigenvalue weighted by Crippen LogP contribution is -3.10. The molecule has 0 unspecified atom stereocenters. The van der Waals surface area contributed by atoms with E-state index in [9.17, 15) is 13.2 Å². The Morgan fingerprint density at radius 1 is 1.12 bits per heavy atom. The summed E-state index contributed by atoms with van der Waals surface area (Å²) in [5.41, 5.74) is 0.493. The first-order valence-corrected chi connectivity index (χ1v) is 10.6. The number of rotatable bonds is 9. The van der Waals surface area contributed by atoms with Crippen LogP contribution in [0.15, 0.2) is 29.2 Å². The number of hydrogen-bond donors (Lipinski definition) is 2. The Labute approximate surface area is 151 Å². The van der Waals surface area contributed by atoms with Gasteiger partial charge in [0, 0.05) is 44.5 Å². The molecule has 25 heavy (non-hydrogen) atoms. The zero-order valence-corrected chi connectivity index (χ0v) is 16.1. The van der Waals surface area contributed by atoms with Gasteiger partial charge in [-0.1, -0.05) is 13.8 Å². The molecule has 0 atom stereocenters. The molecule has 0 bridgehead atoms. The Hall–Kier alpha value is -1.44. The zero-order chi connectivity index (χ0) is 18.3. The van der Waals surface area contributed by atoms with Crippen LogP contribution in [-0.4, -0.2) is 57.9 Å². The minimum atomic E-state index is -3.48. The van der Waals surface area contributed by atoms with Crippen molar-refractivity contribution >= 4 is 15.9 Å². The molecular formula is C18H30N3O3S+. The highest BCUT2D eigenvalue weighted by molar-refractivity contribution is 7.89. The number of hydrogen-bond acceptors (Lipinski definition) is 3. The smallest absolute Gasteiger partial charge is 0.251 e. The summed E-state index contributed by atoms with van der Waals surface area (Å²) in [7, 11) is -3.48. The van der Waals surface area contributed by atoms with E-state index >= 15 is 0 Å². The van der Waals surface area contributed by atoms with Gasteiger partial charge in [0.15, 0.2) is 0 Å². The average Bonchev–Trinajstić information content (AvgIpc) is 3.13. The molecule has 6 nitrogen and oxygen atoms in total. The summed E-state index contributed by atoms with van der Waals surface area (Å²) in [6.07, 6.45) is 3.59. The van der Waals surface area contributed by atoms with Crippen molar-refractivity contribution < 1.29 is 18.1 Å². The first-order chi connectivity index (χ1) is 12.0. The molecule has 1 aromatic rings. The van der Waals surface area contributed by atoms with Crippen LogP contribution < -0.4 is 10.2 Å². The highest BCUT2D eigenvalue weighted by atomic mass is 32.2. The standard InChI is InChI=1S/C18H29N3O3S/c1-3-21(4-2)25(23,24)17-10-8-16(9-11-17)18(22)19-12-7-15-20-13-5-6-14-20/h8-11H,3-7,12-15H2,1-2H3,(H,19,22)/p+1. The highest BCUT2D eigenvalue weighted by Gasteiger charge is 2.21. The lowest BCUT2D eigenvalue weighted by molar-refractivity contribution is -0.887. The normalized spacial score (nSPS) is 15.6. The second-order valence-corrected chi connectivity index (χ2v) is 8.37. The van der Waals surface area contributed by atoms with E-state index in [1.165, 1.54) is 42.4 Å². The van der Waals surface area contributed by atoms with Crippen LogP contribution in [-0.2, 0) is 10.0 Å². The minimum Gasteiger partial charge on any atom is -0.352 e. The van der Waals surface area contributed by atoms with Gasteiger partial charge in [0.2, 0.25) is 10.0 Å². The van der Waals surface area contributed by atoms with E-state index in [0.29, 0.717) is 25.2 Å².